The molecule has 0 aromatic heterocycles. The Morgan fingerprint density at radius 1 is 0.818 bits per heavy atom. The highest BCUT2D eigenvalue weighted by atomic mass is 16.7. The van der Waals surface area contributed by atoms with E-state index < -0.39 is 37.3 Å². The Kier molecular flexibility index (Phi) is 10.2. The first kappa shape index (κ1) is 19.8. The highest BCUT2D eigenvalue weighted by molar-refractivity contribution is 4.88. The molecule has 0 bridgehead atoms. The fourth-order valence-electron chi connectivity index (χ4n) is 2.64. The SMILES string of the molecule is CCCCCCCCCCO[C@@H]1OC(CO)[C@@H](O)C(O)[C@@H]1O. The van der Waals surface area contributed by atoms with Gasteiger partial charge in [-0.15, -0.1) is 0 Å². The van der Waals surface area contributed by atoms with E-state index in [-0.39, 0.29) is 0 Å². The first-order chi connectivity index (χ1) is 10.6. The van der Waals surface area contributed by atoms with Crippen LogP contribution in [0, 0.1) is 0 Å². The first-order valence-corrected chi connectivity index (χ1v) is 8.54. The Labute approximate surface area is 133 Å². The molecule has 6 nitrogen and oxygen atoms in total. The number of hydrogen-bond donors (Lipinski definition) is 4. The molecule has 1 heterocycles. The van der Waals surface area contributed by atoms with E-state index in [1.165, 1.54) is 38.5 Å². The van der Waals surface area contributed by atoms with Gasteiger partial charge in [0.05, 0.1) is 6.61 Å². The van der Waals surface area contributed by atoms with Crippen molar-refractivity contribution in [1.82, 2.24) is 0 Å². The molecule has 0 aromatic rings. The van der Waals surface area contributed by atoms with Gasteiger partial charge in [-0.1, -0.05) is 51.9 Å². The van der Waals surface area contributed by atoms with Gasteiger partial charge in [0, 0.05) is 6.61 Å². The van der Waals surface area contributed by atoms with E-state index in [1.54, 1.807) is 0 Å². The summed E-state index contributed by atoms with van der Waals surface area (Å²) >= 11 is 0. The van der Waals surface area contributed by atoms with Crippen LogP contribution in [0.25, 0.3) is 0 Å². The van der Waals surface area contributed by atoms with Crippen molar-refractivity contribution in [3.05, 3.63) is 0 Å². The molecule has 0 aromatic carbocycles. The van der Waals surface area contributed by atoms with Gasteiger partial charge < -0.3 is 29.9 Å². The van der Waals surface area contributed by atoms with Crippen LogP contribution in [-0.4, -0.2) is 64.3 Å². The summed E-state index contributed by atoms with van der Waals surface area (Å²) in [6.07, 6.45) is 3.58. The van der Waals surface area contributed by atoms with E-state index in [1.807, 2.05) is 0 Å². The van der Waals surface area contributed by atoms with E-state index in [2.05, 4.69) is 6.92 Å². The Hall–Kier alpha value is -0.240. The first-order valence-electron chi connectivity index (χ1n) is 8.54. The molecule has 0 aliphatic carbocycles. The van der Waals surface area contributed by atoms with Gasteiger partial charge in [-0.25, -0.2) is 0 Å². The standard InChI is InChI=1S/C16H32O6/c1-2-3-4-5-6-7-8-9-10-21-16-15(20)14(19)13(18)12(11-17)22-16/h12-20H,2-11H2,1H3/t12?,13-,14?,15+,16-/m1/s1. The molecule has 0 spiro atoms. The van der Waals surface area contributed by atoms with Crippen LogP contribution in [0.1, 0.15) is 58.3 Å². The van der Waals surface area contributed by atoms with Crippen LogP contribution in [0.15, 0.2) is 0 Å². The summed E-state index contributed by atoms with van der Waals surface area (Å²) in [5.74, 6) is 0. The van der Waals surface area contributed by atoms with Crippen molar-refractivity contribution >= 4 is 0 Å². The van der Waals surface area contributed by atoms with Crippen LogP contribution < -0.4 is 0 Å². The second-order valence-electron chi connectivity index (χ2n) is 6.04. The molecule has 0 radical (unpaired) electrons. The van der Waals surface area contributed by atoms with Crippen molar-refractivity contribution in [2.45, 2.75) is 89.0 Å². The maximum Gasteiger partial charge on any atom is 0.186 e. The van der Waals surface area contributed by atoms with E-state index in [0.717, 1.165) is 12.8 Å². The zero-order valence-electron chi connectivity index (χ0n) is 13.6. The molecule has 4 N–H and O–H groups in total. The zero-order chi connectivity index (χ0) is 16.4. The second kappa shape index (κ2) is 11.3. The summed E-state index contributed by atoms with van der Waals surface area (Å²) in [4.78, 5) is 0. The van der Waals surface area contributed by atoms with Gasteiger partial charge in [-0.05, 0) is 6.42 Å². The van der Waals surface area contributed by atoms with Crippen LogP contribution in [0.5, 0.6) is 0 Å². The van der Waals surface area contributed by atoms with Crippen LogP contribution in [0.4, 0.5) is 0 Å². The minimum atomic E-state index is -1.37. The van der Waals surface area contributed by atoms with Gasteiger partial charge in [0.1, 0.15) is 24.4 Å². The number of hydrogen-bond acceptors (Lipinski definition) is 6. The molecule has 1 fully saturated rings. The molecular weight excluding hydrogens is 288 g/mol. The maximum absolute atomic E-state index is 9.80. The second-order valence-corrected chi connectivity index (χ2v) is 6.04. The smallest absolute Gasteiger partial charge is 0.186 e. The van der Waals surface area contributed by atoms with E-state index >= 15 is 0 Å². The van der Waals surface area contributed by atoms with Crippen LogP contribution in [-0.2, 0) is 9.47 Å². The van der Waals surface area contributed by atoms with E-state index in [9.17, 15) is 15.3 Å². The summed E-state index contributed by atoms with van der Waals surface area (Å²) in [7, 11) is 0. The minimum absolute atomic E-state index is 0.428. The fraction of sp³-hybridized carbons (Fsp3) is 1.00. The van der Waals surface area contributed by atoms with Crippen LogP contribution >= 0.6 is 0 Å². The molecule has 1 saturated heterocycles. The Morgan fingerprint density at radius 2 is 1.41 bits per heavy atom. The average Bonchev–Trinajstić information content (AvgIpc) is 2.53. The summed E-state index contributed by atoms with van der Waals surface area (Å²) < 4.78 is 10.7. The van der Waals surface area contributed by atoms with Crippen molar-refractivity contribution < 1.29 is 29.9 Å². The summed E-state index contributed by atoms with van der Waals surface area (Å²) in [5.41, 5.74) is 0. The fourth-order valence-corrected chi connectivity index (χ4v) is 2.64. The summed E-state index contributed by atoms with van der Waals surface area (Å²) in [6, 6.07) is 0. The van der Waals surface area contributed by atoms with E-state index in [0.29, 0.717) is 6.61 Å². The van der Waals surface area contributed by atoms with E-state index in [4.69, 9.17) is 14.6 Å². The quantitative estimate of drug-likeness (QED) is 0.423. The molecule has 0 saturated carbocycles. The average molecular weight is 320 g/mol. The largest absolute Gasteiger partial charge is 0.394 e. The predicted octanol–water partition coefficient (Wildman–Crippen LogP) is 0.944. The summed E-state index contributed by atoms with van der Waals surface area (Å²) in [6.45, 7) is 2.20. The zero-order valence-corrected chi connectivity index (χ0v) is 13.6. The Balaban J connectivity index is 2.11. The van der Waals surface area contributed by atoms with Crippen LogP contribution in [0.3, 0.4) is 0 Å². The summed E-state index contributed by atoms with van der Waals surface area (Å²) in [5, 5.41) is 38.2. The molecule has 22 heavy (non-hydrogen) atoms. The predicted molar refractivity (Wildman–Crippen MR) is 82.3 cm³/mol. The van der Waals surface area contributed by atoms with Gasteiger partial charge in [-0.2, -0.15) is 0 Å². The highest BCUT2D eigenvalue weighted by Gasteiger charge is 2.43. The topological polar surface area (TPSA) is 99.4 Å². The number of rotatable bonds is 11. The third kappa shape index (κ3) is 6.48. The van der Waals surface area contributed by atoms with Gasteiger partial charge in [-0.3, -0.25) is 0 Å². The maximum atomic E-state index is 9.80. The van der Waals surface area contributed by atoms with Crippen molar-refractivity contribution in [2.24, 2.45) is 0 Å². The van der Waals surface area contributed by atoms with Crippen molar-refractivity contribution in [2.75, 3.05) is 13.2 Å². The Bertz CT molecular complexity index is 273. The van der Waals surface area contributed by atoms with Gasteiger partial charge in [0.15, 0.2) is 6.29 Å². The lowest BCUT2D eigenvalue weighted by Crippen LogP contribution is -2.59. The number of unbranched alkanes of at least 4 members (excludes halogenated alkanes) is 7. The lowest BCUT2D eigenvalue weighted by Gasteiger charge is -2.39. The van der Waals surface area contributed by atoms with Crippen molar-refractivity contribution in [1.29, 1.82) is 0 Å². The molecular formula is C16H32O6. The molecule has 1 aliphatic heterocycles. The monoisotopic (exact) mass is 320 g/mol. The van der Waals surface area contributed by atoms with Crippen molar-refractivity contribution in [3.8, 4) is 0 Å². The Morgan fingerprint density at radius 3 is 2.00 bits per heavy atom. The number of aliphatic hydroxyl groups is 4. The number of ether oxygens (including phenoxy) is 2. The van der Waals surface area contributed by atoms with Gasteiger partial charge >= 0.3 is 0 Å². The molecule has 6 heteroatoms. The third-order valence-electron chi connectivity index (χ3n) is 4.13. The lowest BCUT2D eigenvalue weighted by atomic mass is 9.99. The van der Waals surface area contributed by atoms with Gasteiger partial charge in [0.25, 0.3) is 0 Å². The normalized spacial score (nSPS) is 32.3. The molecule has 5 atom stereocenters. The molecule has 0 amide bonds. The molecule has 132 valence electrons. The molecule has 2 unspecified atom stereocenters. The van der Waals surface area contributed by atoms with Crippen molar-refractivity contribution in [3.63, 3.8) is 0 Å². The molecule has 1 rings (SSSR count). The number of aliphatic hydroxyl groups excluding tert-OH is 4. The highest BCUT2D eigenvalue weighted by Crippen LogP contribution is 2.22. The lowest BCUT2D eigenvalue weighted by molar-refractivity contribution is -0.301. The van der Waals surface area contributed by atoms with Crippen LogP contribution in [0.2, 0.25) is 0 Å². The van der Waals surface area contributed by atoms with Gasteiger partial charge in [0.2, 0.25) is 0 Å². The third-order valence-corrected chi connectivity index (χ3v) is 4.13. The minimum Gasteiger partial charge on any atom is -0.394 e. The molecule has 1 aliphatic rings.